The molecule has 0 nitrogen and oxygen atoms in total. The number of hydrogen-bond donors (Lipinski definition) is 0. The van der Waals surface area contributed by atoms with E-state index in [9.17, 15) is 0 Å². The van der Waals surface area contributed by atoms with E-state index in [1.165, 1.54) is 33.4 Å². The lowest BCUT2D eigenvalue weighted by atomic mass is 9.90. The average molecular weight is 272 g/mol. The van der Waals surface area contributed by atoms with Gasteiger partial charge in [0.25, 0.3) is 0 Å². The molecule has 1 aliphatic carbocycles. The Morgan fingerprint density at radius 3 is 1.52 bits per heavy atom. The van der Waals surface area contributed by atoms with Gasteiger partial charge in [0.05, 0.1) is 0 Å². The van der Waals surface area contributed by atoms with Crippen LogP contribution in [0.15, 0.2) is 78.4 Å². The van der Waals surface area contributed by atoms with Crippen LogP contribution in [0.1, 0.15) is 28.7 Å². The minimum absolute atomic E-state index is 1.03. The standard InChI is InChI=1S/C21H20/c1-16-8-12-19(13-9-16)21(18-6-4-3-5-7-18)20-14-10-17(2)11-15-20/h4-15H,3H2,1-2H3. The summed E-state index contributed by atoms with van der Waals surface area (Å²) >= 11 is 0. The highest BCUT2D eigenvalue weighted by atomic mass is 14.1. The summed E-state index contributed by atoms with van der Waals surface area (Å²) in [6.45, 7) is 4.26. The van der Waals surface area contributed by atoms with Crippen LogP contribution < -0.4 is 0 Å². The Labute approximate surface area is 127 Å². The van der Waals surface area contributed by atoms with Gasteiger partial charge in [0.1, 0.15) is 0 Å². The van der Waals surface area contributed by atoms with E-state index < -0.39 is 0 Å². The fraction of sp³-hybridized carbons (Fsp3) is 0.143. The maximum absolute atomic E-state index is 2.23. The van der Waals surface area contributed by atoms with Crippen molar-refractivity contribution >= 4 is 5.57 Å². The summed E-state index contributed by atoms with van der Waals surface area (Å²) in [5.74, 6) is 0. The lowest BCUT2D eigenvalue weighted by Gasteiger charge is -2.14. The molecule has 0 unspecified atom stereocenters. The minimum atomic E-state index is 1.03. The molecule has 0 aromatic heterocycles. The van der Waals surface area contributed by atoms with Crippen LogP contribution in [0, 0.1) is 13.8 Å². The van der Waals surface area contributed by atoms with Crippen LogP contribution in [0.3, 0.4) is 0 Å². The first-order chi connectivity index (χ1) is 10.2. The van der Waals surface area contributed by atoms with Crippen molar-refractivity contribution in [2.45, 2.75) is 20.3 Å². The molecule has 0 heteroatoms. The van der Waals surface area contributed by atoms with Gasteiger partial charge in [0.2, 0.25) is 0 Å². The van der Waals surface area contributed by atoms with Crippen LogP contribution in [0.5, 0.6) is 0 Å². The van der Waals surface area contributed by atoms with Gasteiger partial charge in [-0.2, -0.15) is 0 Å². The summed E-state index contributed by atoms with van der Waals surface area (Å²) < 4.78 is 0. The highest BCUT2D eigenvalue weighted by molar-refractivity contribution is 5.85. The Morgan fingerprint density at radius 2 is 1.10 bits per heavy atom. The maximum atomic E-state index is 2.23. The molecule has 21 heavy (non-hydrogen) atoms. The highest BCUT2D eigenvalue weighted by Crippen LogP contribution is 2.30. The third-order valence-electron chi connectivity index (χ3n) is 3.84. The zero-order valence-electron chi connectivity index (χ0n) is 12.6. The van der Waals surface area contributed by atoms with E-state index in [-0.39, 0.29) is 0 Å². The van der Waals surface area contributed by atoms with Crippen molar-refractivity contribution < 1.29 is 0 Å². The van der Waals surface area contributed by atoms with Gasteiger partial charge in [-0.3, -0.25) is 0 Å². The Hall–Kier alpha value is -2.34. The Morgan fingerprint density at radius 1 is 0.667 bits per heavy atom. The number of aryl methyl sites for hydroxylation is 2. The second-order valence-electron chi connectivity index (χ2n) is 5.60. The summed E-state index contributed by atoms with van der Waals surface area (Å²) in [6.07, 6.45) is 9.93. The zero-order valence-corrected chi connectivity index (χ0v) is 12.6. The molecule has 0 radical (unpaired) electrons. The normalized spacial score (nSPS) is 13.5. The molecule has 0 amide bonds. The number of benzene rings is 2. The molecule has 3 rings (SSSR count). The minimum Gasteiger partial charge on any atom is -0.0801 e. The quantitative estimate of drug-likeness (QED) is 0.665. The lowest BCUT2D eigenvalue weighted by Crippen LogP contribution is -1.94. The third-order valence-corrected chi connectivity index (χ3v) is 3.84. The SMILES string of the molecule is Cc1ccc(C(=C2C=CCC=C2)c2ccc(C)cc2)cc1. The van der Waals surface area contributed by atoms with Gasteiger partial charge in [-0.25, -0.2) is 0 Å². The van der Waals surface area contributed by atoms with Gasteiger partial charge in [0.15, 0.2) is 0 Å². The molecule has 0 aliphatic heterocycles. The molecule has 1 aliphatic rings. The van der Waals surface area contributed by atoms with E-state index in [0.717, 1.165) is 6.42 Å². The van der Waals surface area contributed by atoms with Crippen molar-refractivity contribution in [3.8, 4) is 0 Å². The van der Waals surface area contributed by atoms with Crippen molar-refractivity contribution in [3.63, 3.8) is 0 Å². The van der Waals surface area contributed by atoms with E-state index in [2.05, 4.69) is 86.7 Å². The van der Waals surface area contributed by atoms with Crippen molar-refractivity contribution in [1.82, 2.24) is 0 Å². The molecular formula is C21H20. The number of allylic oxidation sites excluding steroid dienone is 5. The molecule has 0 saturated heterocycles. The molecule has 0 bridgehead atoms. The predicted molar refractivity (Wildman–Crippen MR) is 91.3 cm³/mol. The van der Waals surface area contributed by atoms with Crippen molar-refractivity contribution in [3.05, 3.63) is 101 Å². The Kier molecular flexibility index (Phi) is 3.87. The largest absolute Gasteiger partial charge is 0.0801 e. The highest BCUT2D eigenvalue weighted by Gasteiger charge is 2.09. The fourth-order valence-electron chi connectivity index (χ4n) is 2.63. The predicted octanol–water partition coefficient (Wildman–Crippen LogP) is 5.62. The van der Waals surface area contributed by atoms with Crippen LogP contribution in [0.2, 0.25) is 0 Å². The second-order valence-corrected chi connectivity index (χ2v) is 5.60. The van der Waals surface area contributed by atoms with Crippen LogP contribution in [-0.4, -0.2) is 0 Å². The first kappa shape index (κ1) is 13.6. The van der Waals surface area contributed by atoms with Gasteiger partial charge in [0, 0.05) is 0 Å². The number of rotatable bonds is 2. The van der Waals surface area contributed by atoms with Crippen molar-refractivity contribution in [2.24, 2.45) is 0 Å². The van der Waals surface area contributed by atoms with Crippen molar-refractivity contribution in [1.29, 1.82) is 0 Å². The molecular weight excluding hydrogens is 252 g/mol. The van der Waals surface area contributed by atoms with Crippen LogP contribution in [0.4, 0.5) is 0 Å². The average Bonchev–Trinajstić information content (AvgIpc) is 2.52. The van der Waals surface area contributed by atoms with E-state index in [4.69, 9.17) is 0 Å². The van der Waals surface area contributed by atoms with E-state index in [1.807, 2.05) is 0 Å². The summed E-state index contributed by atoms with van der Waals surface area (Å²) in [4.78, 5) is 0. The van der Waals surface area contributed by atoms with Crippen molar-refractivity contribution in [2.75, 3.05) is 0 Å². The monoisotopic (exact) mass is 272 g/mol. The Bertz CT molecular complexity index is 646. The molecule has 0 N–H and O–H groups in total. The summed E-state index contributed by atoms with van der Waals surface area (Å²) in [7, 11) is 0. The van der Waals surface area contributed by atoms with Crippen LogP contribution >= 0.6 is 0 Å². The van der Waals surface area contributed by atoms with Crippen LogP contribution in [-0.2, 0) is 0 Å². The van der Waals surface area contributed by atoms with Crippen LogP contribution in [0.25, 0.3) is 5.57 Å². The summed E-state index contributed by atoms with van der Waals surface area (Å²) in [5.41, 5.74) is 7.73. The summed E-state index contributed by atoms with van der Waals surface area (Å²) in [6, 6.07) is 17.6. The lowest BCUT2D eigenvalue weighted by molar-refractivity contribution is 1.33. The maximum Gasteiger partial charge on any atom is -0.00391 e. The van der Waals surface area contributed by atoms with Gasteiger partial charge in [-0.15, -0.1) is 0 Å². The smallest absolute Gasteiger partial charge is 0.00391 e. The number of hydrogen-bond acceptors (Lipinski definition) is 0. The topological polar surface area (TPSA) is 0 Å². The molecule has 104 valence electrons. The molecule has 0 spiro atoms. The molecule has 2 aromatic rings. The van der Waals surface area contributed by atoms with Gasteiger partial charge in [-0.1, -0.05) is 84.0 Å². The molecule has 0 saturated carbocycles. The second kappa shape index (κ2) is 5.97. The molecule has 0 atom stereocenters. The fourth-order valence-corrected chi connectivity index (χ4v) is 2.63. The molecule has 0 fully saturated rings. The van der Waals surface area contributed by atoms with Gasteiger partial charge >= 0.3 is 0 Å². The van der Waals surface area contributed by atoms with Gasteiger partial charge < -0.3 is 0 Å². The van der Waals surface area contributed by atoms with E-state index in [1.54, 1.807) is 0 Å². The molecule has 2 aromatic carbocycles. The summed E-state index contributed by atoms with van der Waals surface area (Å²) in [5, 5.41) is 0. The Balaban J connectivity index is 2.18. The zero-order chi connectivity index (χ0) is 14.7. The van der Waals surface area contributed by atoms with Gasteiger partial charge in [-0.05, 0) is 42.5 Å². The van der Waals surface area contributed by atoms with E-state index >= 15 is 0 Å². The third kappa shape index (κ3) is 3.05. The first-order valence-electron chi connectivity index (χ1n) is 7.45. The van der Waals surface area contributed by atoms with E-state index in [0.29, 0.717) is 0 Å². The first-order valence-corrected chi connectivity index (χ1v) is 7.45. The molecule has 0 heterocycles.